The number of aromatic nitrogens is 1. The molecule has 0 radical (unpaired) electrons. The Kier molecular flexibility index (Phi) is 3.81. The molecule has 3 N–H and O–H groups in total. The van der Waals surface area contributed by atoms with E-state index in [0.717, 1.165) is 32.0 Å². The van der Waals surface area contributed by atoms with Crippen LogP contribution in [-0.2, 0) is 0 Å². The molecule has 0 spiro atoms. The van der Waals surface area contributed by atoms with Crippen molar-refractivity contribution >= 4 is 11.7 Å². The largest absolute Gasteiger partial charge is 0.384 e. The highest BCUT2D eigenvalue weighted by Crippen LogP contribution is 2.14. The van der Waals surface area contributed by atoms with Gasteiger partial charge in [0.25, 0.3) is 0 Å². The highest BCUT2D eigenvalue weighted by Gasteiger charge is 2.19. The second-order valence-corrected chi connectivity index (χ2v) is 4.94. The van der Waals surface area contributed by atoms with Gasteiger partial charge >= 0.3 is 0 Å². The van der Waals surface area contributed by atoms with Crippen molar-refractivity contribution in [2.45, 2.75) is 19.9 Å². The van der Waals surface area contributed by atoms with Crippen molar-refractivity contribution in [3.8, 4) is 0 Å². The van der Waals surface area contributed by atoms with Crippen LogP contribution < -0.4 is 10.6 Å². The normalized spacial score (nSPS) is 17.2. The van der Waals surface area contributed by atoms with Crippen molar-refractivity contribution < 1.29 is 0 Å². The van der Waals surface area contributed by atoms with Crippen LogP contribution in [0.1, 0.15) is 19.4 Å². The minimum absolute atomic E-state index is 0.0682. The van der Waals surface area contributed by atoms with Crippen LogP contribution in [0.3, 0.4) is 0 Å². The average molecular weight is 247 g/mol. The van der Waals surface area contributed by atoms with Gasteiger partial charge in [-0.3, -0.25) is 10.3 Å². The summed E-state index contributed by atoms with van der Waals surface area (Å²) in [5, 5.41) is 7.34. The van der Waals surface area contributed by atoms with Crippen molar-refractivity contribution in [1.82, 2.24) is 9.88 Å². The van der Waals surface area contributed by atoms with Gasteiger partial charge in [-0.2, -0.15) is 0 Å². The summed E-state index contributed by atoms with van der Waals surface area (Å²) in [4.78, 5) is 9.13. The molecular formula is C13H21N5. The van der Waals surface area contributed by atoms with Gasteiger partial charge in [0.05, 0.1) is 0 Å². The fraction of sp³-hybridized carbons (Fsp3) is 0.538. The van der Waals surface area contributed by atoms with E-state index in [9.17, 15) is 0 Å². The highest BCUT2D eigenvalue weighted by molar-refractivity contribution is 5.94. The van der Waals surface area contributed by atoms with E-state index in [2.05, 4.69) is 28.6 Å². The van der Waals surface area contributed by atoms with Crippen molar-refractivity contribution in [2.75, 3.05) is 31.1 Å². The molecule has 1 aromatic rings. The molecule has 1 fully saturated rings. The summed E-state index contributed by atoms with van der Waals surface area (Å²) in [6.07, 6.45) is 1.67. The molecule has 1 aromatic heterocycles. The Hall–Kier alpha value is -1.62. The van der Waals surface area contributed by atoms with Crippen molar-refractivity contribution in [1.29, 1.82) is 5.41 Å². The zero-order valence-corrected chi connectivity index (χ0v) is 11.1. The molecule has 0 saturated carbocycles. The molecule has 1 aliphatic heterocycles. The first-order valence-corrected chi connectivity index (χ1v) is 6.37. The molecule has 5 heteroatoms. The lowest BCUT2D eigenvalue weighted by atomic mass is 10.2. The number of nitrogens with one attached hydrogen (secondary N) is 1. The lowest BCUT2D eigenvalue weighted by Gasteiger charge is -2.37. The van der Waals surface area contributed by atoms with E-state index in [1.807, 2.05) is 12.1 Å². The number of anilines is 1. The fourth-order valence-electron chi connectivity index (χ4n) is 2.20. The molecular weight excluding hydrogens is 226 g/mol. The Morgan fingerprint density at radius 3 is 2.39 bits per heavy atom. The van der Waals surface area contributed by atoms with E-state index in [1.54, 1.807) is 6.20 Å². The molecule has 98 valence electrons. The van der Waals surface area contributed by atoms with Gasteiger partial charge in [-0.15, -0.1) is 0 Å². The van der Waals surface area contributed by atoms with Crippen molar-refractivity contribution in [3.63, 3.8) is 0 Å². The van der Waals surface area contributed by atoms with Crippen LogP contribution in [0.5, 0.6) is 0 Å². The van der Waals surface area contributed by atoms with Gasteiger partial charge < -0.3 is 10.6 Å². The third kappa shape index (κ3) is 2.79. The molecule has 0 aromatic carbocycles. The smallest absolute Gasteiger partial charge is 0.128 e. The van der Waals surface area contributed by atoms with Gasteiger partial charge in [-0.05, 0) is 26.0 Å². The first-order chi connectivity index (χ1) is 8.58. The summed E-state index contributed by atoms with van der Waals surface area (Å²) >= 11 is 0. The monoisotopic (exact) mass is 247 g/mol. The predicted molar refractivity (Wildman–Crippen MR) is 74.2 cm³/mol. The van der Waals surface area contributed by atoms with Crippen molar-refractivity contribution in [2.24, 2.45) is 5.73 Å². The third-order valence-electron chi connectivity index (χ3n) is 3.43. The topological polar surface area (TPSA) is 69.2 Å². The maximum atomic E-state index is 7.34. The number of amidine groups is 1. The Bertz CT molecular complexity index is 404. The van der Waals surface area contributed by atoms with Gasteiger partial charge in [-0.25, -0.2) is 4.98 Å². The van der Waals surface area contributed by atoms with Gasteiger partial charge in [-0.1, -0.05) is 0 Å². The number of nitrogens with zero attached hydrogens (tertiary/aromatic N) is 3. The Balaban J connectivity index is 1.99. The van der Waals surface area contributed by atoms with Gasteiger partial charge in [0, 0.05) is 44.0 Å². The zero-order valence-electron chi connectivity index (χ0n) is 11.1. The van der Waals surface area contributed by atoms with E-state index in [4.69, 9.17) is 11.1 Å². The summed E-state index contributed by atoms with van der Waals surface area (Å²) in [5.41, 5.74) is 6.10. The number of nitrogens with two attached hydrogens (primary N) is 1. The standard InChI is InChI=1S/C13H21N5/c1-10(2)17-5-7-18(8-6-17)12-4-3-11(9-16-12)13(14)15/h3-4,9-10H,5-8H2,1-2H3,(H3,14,15). The second kappa shape index (κ2) is 5.35. The summed E-state index contributed by atoms with van der Waals surface area (Å²) < 4.78 is 0. The van der Waals surface area contributed by atoms with Crippen LogP contribution in [0, 0.1) is 5.41 Å². The van der Waals surface area contributed by atoms with Crippen LogP contribution >= 0.6 is 0 Å². The third-order valence-corrected chi connectivity index (χ3v) is 3.43. The maximum Gasteiger partial charge on any atom is 0.128 e. The quantitative estimate of drug-likeness (QED) is 0.615. The van der Waals surface area contributed by atoms with E-state index in [0.29, 0.717) is 11.6 Å². The molecule has 2 rings (SSSR count). The van der Waals surface area contributed by atoms with Crippen LogP contribution in [0.25, 0.3) is 0 Å². The van der Waals surface area contributed by atoms with Gasteiger partial charge in [0.1, 0.15) is 11.7 Å². The Morgan fingerprint density at radius 2 is 1.94 bits per heavy atom. The molecule has 0 aliphatic carbocycles. The number of hydrogen-bond donors (Lipinski definition) is 2. The van der Waals surface area contributed by atoms with Crippen LogP contribution in [0.4, 0.5) is 5.82 Å². The minimum atomic E-state index is 0.0682. The van der Waals surface area contributed by atoms with Crippen molar-refractivity contribution in [3.05, 3.63) is 23.9 Å². The molecule has 18 heavy (non-hydrogen) atoms. The first kappa shape index (κ1) is 12.8. The van der Waals surface area contributed by atoms with Crippen LogP contribution in [0.2, 0.25) is 0 Å². The average Bonchev–Trinajstić information content (AvgIpc) is 2.39. The van der Waals surface area contributed by atoms with Crippen LogP contribution in [-0.4, -0.2) is 47.9 Å². The molecule has 0 bridgehead atoms. The number of nitrogen functional groups attached to an aromatic ring is 1. The lowest BCUT2D eigenvalue weighted by Crippen LogP contribution is -2.49. The second-order valence-electron chi connectivity index (χ2n) is 4.94. The molecule has 5 nitrogen and oxygen atoms in total. The first-order valence-electron chi connectivity index (χ1n) is 6.37. The molecule has 0 amide bonds. The summed E-state index contributed by atoms with van der Waals surface area (Å²) in [5.74, 6) is 1.04. The number of rotatable bonds is 3. The minimum Gasteiger partial charge on any atom is -0.384 e. The van der Waals surface area contributed by atoms with E-state index in [-0.39, 0.29) is 5.84 Å². The maximum absolute atomic E-state index is 7.34. The lowest BCUT2D eigenvalue weighted by molar-refractivity contribution is 0.209. The molecule has 2 heterocycles. The predicted octanol–water partition coefficient (Wildman–Crippen LogP) is 0.896. The Morgan fingerprint density at radius 1 is 1.28 bits per heavy atom. The van der Waals surface area contributed by atoms with E-state index in [1.165, 1.54) is 0 Å². The number of piperazine rings is 1. The molecule has 1 aliphatic rings. The fourth-order valence-corrected chi connectivity index (χ4v) is 2.20. The molecule has 0 unspecified atom stereocenters. The summed E-state index contributed by atoms with van der Waals surface area (Å²) in [6, 6.07) is 4.42. The Labute approximate surface area is 108 Å². The molecule has 0 atom stereocenters. The molecule has 1 saturated heterocycles. The zero-order chi connectivity index (χ0) is 13.1. The summed E-state index contributed by atoms with van der Waals surface area (Å²) in [6.45, 7) is 8.63. The SMILES string of the molecule is CC(C)N1CCN(c2ccc(C(=N)N)cn2)CC1. The number of hydrogen-bond acceptors (Lipinski definition) is 4. The number of pyridine rings is 1. The summed E-state index contributed by atoms with van der Waals surface area (Å²) in [7, 11) is 0. The van der Waals surface area contributed by atoms with Gasteiger partial charge in [0.2, 0.25) is 0 Å². The van der Waals surface area contributed by atoms with E-state index < -0.39 is 0 Å². The highest BCUT2D eigenvalue weighted by atomic mass is 15.3. The van der Waals surface area contributed by atoms with Crippen LogP contribution in [0.15, 0.2) is 18.3 Å². The van der Waals surface area contributed by atoms with E-state index >= 15 is 0 Å². The van der Waals surface area contributed by atoms with Gasteiger partial charge in [0.15, 0.2) is 0 Å².